The molecule has 0 aromatic carbocycles. The van der Waals surface area contributed by atoms with Crippen LogP contribution in [0, 0.1) is 0 Å². The van der Waals surface area contributed by atoms with Crippen molar-refractivity contribution >= 4 is 0 Å². The first-order valence-electron chi connectivity index (χ1n) is 6.60. The second kappa shape index (κ2) is 4.71. The van der Waals surface area contributed by atoms with Crippen molar-refractivity contribution in [2.24, 2.45) is 0 Å². The van der Waals surface area contributed by atoms with Crippen LogP contribution in [0.5, 0.6) is 5.88 Å². The summed E-state index contributed by atoms with van der Waals surface area (Å²) in [5.74, 6) is -7.32. The van der Waals surface area contributed by atoms with Crippen molar-refractivity contribution in [1.29, 1.82) is 0 Å². The van der Waals surface area contributed by atoms with E-state index < -0.39 is 72.1 Å². The van der Waals surface area contributed by atoms with Crippen LogP contribution in [0.1, 0.15) is 35.6 Å². The molecule has 1 aromatic heterocycles. The van der Waals surface area contributed by atoms with Crippen LogP contribution in [0.4, 0.5) is 30.7 Å². The Morgan fingerprint density at radius 2 is 1.78 bits per heavy atom. The molecule has 0 spiro atoms. The molecule has 2 aliphatic carbocycles. The average molecular weight is 345 g/mol. The molecule has 10 heteroatoms. The van der Waals surface area contributed by atoms with Crippen LogP contribution in [0.2, 0.25) is 0 Å². The number of hydrogen-bond donors (Lipinski definition) is 1. The fraction of sp³-hybridized carbons (Fsp3) is 0.615. The highest BCUT2D eigenvalue weighted by Gasteiger charge is 2.54. The maximum Gasteiger partial charge on any atom is 0.418 e. The topological polar surface area (TPSA) is 42.4 Å². The fourth-order valence-electron chi connectivity index (χ4n) is 2.75. The molecule has 3 rings (SSSR count). The molecule has 1 N–H and O–H groups in total. The predicted octanol–water partition coefficient (Wildman–Crippen LogP) is 3.50. The maximum absolute atomic E-state index is 13.6. The molecule has 0 unspecified atom stereocenters. The molecule has 1 heterocycles. The lowest BCUT2D eigenvalue weighted by Gasteiger charge is -2.34. The van der Waals surface area contributed by atoms with Crippen molar-refractivity contribution in [3.05, 3.63) is 22.9 Å². The van der Waals surface area contributed by atoms with E-state index in [1.807, 2.05) is 0 Å². The summed E-state index contributed by atoms with van der Waals surface area (Å²) >= 11 is 0. The zero-order valence-electron chi connectivity index (χ0n) is 11.3. The zero-order valence-corrected chi connectivity index (χ0v) is 11.3. The molecule has 0 radical (unpaired) electrons. The number of fused-ring (bicyclic) bond motifs is 1. The minimum Gasteiger partial charge on any atom is -0.474 e. The third kappa shape index (κ3) is 2.73. The number of alkyl halides is 7. The second-order valence-corrected chi connectivity index (χ2v) is 5.71. The zero-order chi connectivity index (χ0) is 17.2. The molecule has 1 aromatic rings. The van der Waals surface area contributed by atoms with Gasteiger partial charge in [0.25, 0.3) is 11.8 Å². The molecular formula is C13H10F7NO2. The number of nitrogens with zero attached hydrogens (tertiary/aromatic N) is 1. The number of hydrogen-bond acceptors (Lipinski definition) is 3. The molecule has 23 heavy (non-hydrogen) atoms. The summed E-state index contributed by atoms with van der Waals surface area (Å²) in [6.07, 6.45) is -10.9. The van der Waals surface area contributed by atoms with E-state index in [1.54, 1.807) is 0 Å². The van der Waals surface area contributed by atoms with Gasteiger partial charge in [0, 0.05) is 36.6 Å². The highest BCUT2D eigenvalue weighted by molar-refractivity contribution is 5.48. The molecule has 1 fully saturated rings. The van der Waals surface area contributed by atoms with Crippen molar-refractivity contribution in [2.75, 3.05) is 0 Å². The van der Waals surface area contributed by atoms with E-state index in [-0.39, 0.29) is 6.20 Å². The summed E-state index contributed by atoms with van der Waals surface area (Å²) in [5, 5.41) is 9.51. The van der Waals surface area contributed by atoms with Gasteiger partial charge in [-0.3, -0.25) is 0 Å². The summed E-state index contributed by atoms with van der Waals surface area (Å²) in [5.41, 5.74) is -3.07. The number of aromatic nitrogens is 1. The Morgan fingerprint density at radius 1 is 1.17 bits per heavy atom. The molecule has 1 saturated carbocycles. The molecular weight excluding hydrogens is 335 g/mol. The Morgan fingerprint density at radius 3 is 2.30 bits per heavy atom. The summed E-state index contributed by atoms with van der Waals surface area (Å²) in [4.78, 5) is 3.35. The molecule has 0 bridgehead atoms. The number of aliphatic hydroxyl groups excluding tert-OH is 1. The highest BCUT2D eigenvalue weighted by atomic mass is 19.4. The van der Waals surface area contributed by atoms with Crippen LogP contribution in [0.15, 0.2) is 6.20 Å². The first kappa shape index (κ1) is 16.3. The smallest absolute Gasteiger partial charge is 0.418 e. The van der Waals surface area contributed by atoms with Crippen molar-refractivity contribution in [3.63, 3.8) is 0 Å². The summed E-state index contributed by atoms with van der Waals surface area (Å²) in [6.45, 7) is 0. The van der Waals surface area contributed by atoms with E-state index in [0.29, 0.717) is 0 Å². The SMILES string of the molecule is O[C@H]1c2c(C(F)(F)F)cnc(OC3CC(F)(F)C3)c2CC1(F)F. The van der Waals surface area contributed by atoms with Crippen LogP contribution in [0.25, 0.3) is 0 Å². The lowest BCUT2D eigenvalue weighted by Crippen LogP contribution is -2.43. The molecule has 2 aliphatic rings. The van der Waals surface area contributed by atoms with Crippen molar-refractivity contribution in [1.82, 2.24) is 4.98 Å². The van der Waals surface area contributed by atoms with Gasteiger partial charge in [-0.1, -0.05) is 0 Å². The minimum atomic E-state index is -4.99. The predicted molar refractivity (Wildman–Crippen MR) is 61.4 cm³/mol. The van der Waals surface area contributed by atoms with Crippen LogP contribution in [-0.4, -0.2) is 28.0 Å². The number of ether oxygens (including phenoxy) is 1. The molecule has 3 nitrogen and oxygen atoms in total. The van der Waals surface area contributed by atoms with Gasteiger partial charge in [0.15, 0.2) is 0 Å². The van der Waals surface area contributed by atoms with Gasteiger partial charge in [-0.05, 0) is 0 Å². The van der Waals surface area contributed by atoms with E-state index in [9.17, 15) is 35.8 Å². The molecule has 0 aliphatic heterocycles. The Bertz CT molecular complexity index is 636. The standard InChI is InChI=1S/C13H10F7NO2/c14-11(15)1-5(2-11)23-10-6-3-12(16,17)9(22)8(6)7(4-21-10)13(18,19)20/h4-5,9,22H,1-3H2/t9-/m0/s1. The fourth-order valence-corrected chi connectivity index (χ4v) is 2.75. The van der Waals surface area contributed by atoms with E-state index in [1.165, 1.54) is 0 Å². The number of pyridine rings is 1. The van der Waals surface area contributed by atoms with Gasteiger partial charge in [0.1, 0.15) is 12.2 Å². The highest BCUT2D eigenvalue weighted by Crippen LogP contribution is 2.51. The monoisotopic (exact) mass is 345 g/mol. The van der Waals surface area contributed by atoms with Crippen molar-refractivity contribution in [2.45, 2.75) is 49.5 Å². The van der Waals surface area contributed by atoms with Crippen LogP contribution >= 0.6 is 0 Å². The van der Waals surface area contributed by atoms with Gasteiger partial charge < -0.3 is 9.84 Å². The average Bonchev–Trinajstić information content (AvgIpc) is 2.58. The minimum absolute atomic E-state index is 0.273. The van der Waals surface area contributed by atoms with Gasteiger partial charge in [-0.25, -0.2) is 22.5 Å². The van der Waals surface area contributed by atoms with Gasteiger partial charge in [-0.2, -0.15) is 13.2 Å². The Balaban J connectivity index is 1.98. The number of halogens is 7. The van der Waals surface area contributed by atoms with Gasteiger partial charge in [0.2, 0.25) is 5.88 Å². The second-order valence-electron chi connectivity index (χ2n) is 5.71. The van der Waals surface area contributed by atoms with Gasteiger partial charge in [-0.15, -0.1) is 0 Å². The first-order chi connectivity index (χ1) is 10.4. The van der Waals surface area contributed by atoms with Gasteiger partial charge >= 0.3 is 6.18 Å². The third-order valence-corrected chi connectivity index (χ3v) is 3.91. The van der Waals surface area contributed by atoms with Crippen LogP contribution in [0.3, 0.4) is 0 Å². The number of aliphatic hydroxyl groups is 1. The Hall–Kier alpha value is -1.58. The van der Waals surface area contributed by atoms with Crippen molar-refractivity contribution in [3.8, 4) is 5.88 Å². The van der Waals surface area contributed by atoms with Crippen LogP contribution < -0.4 is 4.74 Å². The largest absolute Gasteiger partial charge is 0.474 e. The lowest BCUT2D eigenvalue weighted by molar-refractivity contribution is -0.142. The Kier molecular flexibility index (Phi) is 3.34. The summed E-state index contributed by atoms with van der Waals surface area (Å²) in [7, 11) is 0. The first-order valence-corrected chi connectivity index (χ1v) is 6.60. The Labute approximate surface area is 125 Å². The molecule has 0 amide bonds. The van der Waals surface area contributed by atoms with Gasteiger partial charge in [0.05, 0.1) is 5.56 Å². The third-order valence-electron chi connectivity index (χ3n) is 3.91. The normalized spacial score (nSPS) is 25.8. The van der Waals surface area contributed by atoms with E-state index >= 15 is 0 Å². The van der Waals surface area contributed by atoms with E-state index in [2.05, 4.69) is 4.98 Å². The van der Waals surface area contributed by atoms with E-state index in [0.717, 1.165) is 0 Å². The molecule has 0 saturated heterocycles. The maximum atomic E-state index is 13.6. The van der Waals surface area contributed by atoms with Crippen LogP contribution in [-0.2, 0) is 12.6 Å². The molecule has 1 atom stereocenters. The summed E-state index contributed by atoms with van der Waals surface area (Å²) in [6, 6.07) is 0. The van der Waals surface area contributed by atoms with Crippen molar-refractivity contribution < 1.29 is 40.6 Å². The summed E-state index contributed by atoms with van der Waals surface area (Å²) < 4.78 is 96.5. The number of rotatable bonds is 2. The quantitative estimate of drug-likeness (QED) is 0.835. The van der Waals surface area contributed by atoms with E-state index in [4.69, 9.17) is 4.74 Å². The molecule has 128 valence electrons. The lowest BCUT2D eigenvalue weighted by atomic mass is 9.91.